The third-order valence-corrected chi connectivity index (χ3v) is 4.00. The van der Waals surface area contributed by atoms with Gasteiger partial charge in [0.15, 0.2) is 0 Å². The lowest BCUT2D eigenvalue weighted by Gasteiger charge is -2.38. The Kier molecular flexibility index (Phi) is 2.78. The summed E-state index contributed by atoms with van der Waals surface area (Å²) in [5, 5.41) is 0. The monoisotopic (exact) mass is 191 g/mol. The maximum Gasteiger partial charge on any atom is 0.211 e. The van der Waals surface area contributed by atoms with Crippen LogP contribution < -0.4 is 4.72 Å². The minimum absolute atomic E-state index is 0.184. The number of sulfonamides is 1. The van der Waals surface area contributed by atoms with Gasteiger partial charge >= 0.3 is 0 Å². The van der Waals surface area contributed by atoms with Gasteiger partial charge in [-0.15, -0.1) is 0 Å². The second kappa shape index (κ2) is 3.34. The van der Waals surface area contributed by atoms with E-state index in [9.17, 15) is 8.42 Å². The van der Waals surface area contributed by atoms with Crippen LogP contribution in [0, 0.1) is 5.41 Å². The molecule has 0 aromatic rings. The molecule has 0 spiro atoms. The Balaban J connectivity index is 2.35. The maximum atomic E-state index is 11.1. The van der Waals surface area contributed by atoms with E-state index in [0.717, 1.165) is 12.8 Å². The van der Waals surface area contributed by atoms with Crippen molar-refractivity contribution < 1.29 is 8.42 Å². The Morgan fingerprint density at radius 2 is 2.00 bits per heavy atom. The number of rotatable bonds is 4. The van der Waals surface area contributed by atoms with Crippen molar-refractivity contribution in [2.75, 3.05) is 12.3 Å². The van der Waals surface area contributed by atoms with Crippen LogP contribution in [0.15, 0.2) is 0 Å². The third-order valence-electron chi connectivity index (χ3n) is 2.66. The van der Waals surface area contributed by atoms with Gasteiger partial charge in [0.1, 0.15) is 0 Å². The molecule has 1 saturated carbocycles. The van der Waals surface area contributed by atoms with Crippen molar-refractivity contribution in [2.45, 2.75) is 33.1 Å². The average Bonchev–Trinajstić information content (AvgIpc) is 1.98. The molecule has 0 unspecified atom stereocenters. The quantitative estimate of drug-likeness (QED) is 0.723. The molecule has 0 heterocycles. The number of hydrogen-bond donors (Lipinski definition) is 1. The first-order valence-electron chi connectivity index (χ1n) is 4.45. The maximum absolute atomic E-state index is 11.1. The van der Waals surface area contributed by atoms with Crippen molar-refractivity contribution >= 4 is 10.0 Å². The molecular weight excluding hydrogens is 174 g/mol. The van der Waals surface area contributed by atoms with Crippen molar-refractivity contribution in [3.8, 4) is 0 Å². The molecule has 0 aliphatic heterocycles. The molecule has 0 saturated heterocycles. The second-order valence-electron chi connectivity index (χ2n) is 3.89. The summed E-state index contributed by atoms with van der Waals surface area (Å²) < 4.78 is 24.8. The fourth-order valence-corrected chi connectivity index (χ4v) is 2.12. The molecule has 1 fully saturated rings. The first-order chi connectivity index (χ1) is 5.47. The normalized spacial score (nSPS) is 21.8. The van der Waals surface area contributed by atoms with Gasteiger partial charge in [-0.2, -0.15) is 0 Å². The summed E-state index contributed by atoms with van der Waals surface area (Å²) in [5.74, 6) is 0.184. The summed E-state index contributed by atoms with van der Waals surface area (Å²) in [6.07, 6.45) is 3.54. The van der Waals surface area contributed by atoms with E-state index in [1.165, 1.54) is 6.42 Å². The Hall–Kier alpha value is -0.0900. The van der Waals surface area contributed by atoms with Gasteiger partial charge in [-0.3, -0.25) is 0 Å². The topological polar surface area (TPSA) is 46.2 Å². The van der Waals surface area contributed by atoms with Gasteiger partial charge in [0, 0.05) is 6.54 Å². The van der Waals surface area contributed by atoms with Gasteiger partial charge in [0.25, 0.3) is 0 Å². The second-order valence-corrected chi connectivity index (χ2v) is 5.98. The highest BCUT2D eigenvalue weighted by atomic mass is 32.2. The summed E-state index contributed by atoms with van der Waals surface area (Å²) in [5.41, 5.74) is 0.238. The lowest BCUT2D eigenvalue weighted by molar-refractivity contribution is 0.166. The zero-order chi connectivity index (χ0) is 9.24. The minimum atomic E-state index is -2.98. The molecular formula is C8H17NO2S. The summed E-state index contributed by atoms with van der Waals surface area (Å²) in [4.78, 5) is 0. The van der Waals surface area contributed by atoms with Crippen molar-refractivity contribution in [1.29, 1.82) is 0 Å². The fraction of sp³-hybridized carbons (Fsp3) is 1.00. The Morgan fingerprint density at radius 3 is 2.33 bits per heavy atom. The van der Waals surface area contributed by atoms with Crippen LogP contribution in [0.3, 0.4) is 0 Å². The first-order valence-corrected chi connectivity index (χ1v) is 6.10. The van der Waals surface area contributed by atoms with E-state index >= 15 is 0 Å². The van der Waals surface area contributed by atoms with Gasteiger partial charge in [-0.25, -0.2) is 13.1 Å². The van der Waals surface area contributed by atoms with Gasteiger partial charge < -0.3 is 0 Å². The van der Waals surface area contributed by atoms with Crippen LogP contribution in [-0.4, -0.2) is 20.7 Å². The predicted octanol–water partition coefficient (Wildman–Crippen LogP) is 1.12. The van der Waals surface area contributed by atoms with E-state index in [0.29, 0.717) is 6.54 Å². The van der Waals surface area contributed by atoms with Gasteiger partial charge in [0.2, 0.25) is 10.0 Å². The van der Waals surface area contributed by atoms with Crippen LogP contribution in [0.5, 0.6) is 0 Å². The van der Waals surface area contributed by atoms with Crippen molar-refractivity contribution in [1.82, 2.24) is 4.72 Å². The van der Waals surface area contributed by atoms with Gasteiger partial charge in [-0.1, -0.05) is 13.3 Å². The highest BCUT2D eigenvalue weighted by Crippen LogP contribution is 2.39. The Labute approximate surface area is 74.6 Å². The molecule has 3 nitrogen and oxygen atoms in total. The molecule has 1 rings (SSSR count). The molecule has 72 valence electrons. The van der Waals surface area contributed by atoms with Crippen LogP contribution in [0.25, 0.3) is 0 Å². The standard InChI is InChI=1S/C8H17NO2S/c1-3-12(10,11)9-7-8(2)5-4-6-8/h9H,3-7H2,1-2H3. The van der Waals surface area contributed by atoms with Crippen LogP contribution >= 0.6 is 0 Å². The van der Waals surface area contributed by atoms with Crippen molar-refractivity contribution in [2.24, 2.45) is 5.41 Å². The van der Waals surface area contributed by atoms with E-state index in [-0.39, 0.29) is 11.2 Å². The summed E-state index contributed by atoms with van der Waals surface area (Å²) in [6, 6.07) is 0. The molecule has 1 N–H and O–H groups in total. The SMILES string of the molecule is CCS(=O)(=O)NCC1(C)CCC1. The highest BCUT2D eigenvalue weighted by Gasteiger charge is 2.32. The van der Waals surface area contributed by atoms with Crippen LogP contribution in [-0.2, 0) is 10.0 Å². The molecule has 12 heavy (non-hydrogen) atoms. The molecule has 0 aromatic heterocycles. The summed E-state index contributed by atoms with van der Waals surface area (Å²) in [7, 11) is -2.98. The average molecular weight is 191 g/mol. The van der Waals surface area contributed by atoms with Crippen molar-refractivity contribution in [3.05, 3.63) is 0 Å². The lowest BCUT2D eigenvalue weighted by Crippen LogP contribution is -2.40. The van der Waals surface area contributed by atoms with Gasteiger partial charge in [0.05, 0.1) is 5.75 Å². The highest BCUT2D eigenvalue weighted by molar-refractivity contribution is 7.89. The molecule has 0 radical (unpaired) electrons. The first kappa shape index (κ1) is 9.99. The van der Waals surface area contributed by atoms with E-state index in [4.69, 9.17) is 0 Å². The third kappa shape index (κ3) is 2.45. The number of nitrogens with one attached hydrogen (secondary N) is 1. The largest absolute Gasteiger partial charge is 0.215 e. The molecule has 0 atom stereocenters. The van der Waals surface area contributed by atoms with E-state index < -0.39 is 10.0 Å². The zero-order valence-corrected chi connectivity index (χ0v) is 8.58. The van der Waals surface area contributed by atoms with Gasteiger partial charge in [-0.05, 0) is 25.2 Å². The molecule has 0 aromatic carbocycles. The summed E-state index contributed by atoms with van der Waals surface area (Å²) in [6.45, 7) is 4.41. The van der Waals surface area contributed by atoms with E-state index in [2.05, 4.69) is 11.6 Å². The Morgan fingerprint density at radius 1 is 1.42 bits per heavy atom. The smallest absolute Gasteiger partial charge is 0.211 e. The molecule has 0 bridgehead atoms. The lowest BCUT2D eigenvalue weighted by atomic mass is 9.71. The molecule has 0 amide bonds. The van der Waals surface area contributed by atoms with E-state index in [1.807, 2.05) is 0 Å². The minimum Gasteiger partial charge on any atom is -0.215 e. The molecule has 4 heteroatoms. The van der Waals surface area contributed by atoms with Crippen LogP contribution in [0.4, 0.5) is 0 Å². The molecule has 1 aliphatic rings. The predicted molar refractivity (Wildman–Crippen MR) is 49.4 cm³/mol. The van der Waals surface area contributed by atoms with E-state index in [1.54, 1.807) is 6.92 Å². The fourth-order valence-electron chi connectivity index (χ4n) is 1.34. The number of hydrogen-bond acceptors (Lipinski definition) is 2. The molecule has 1 aliphatic carbocycles. The van der Waals surface area contributed by atoms with Crippen LogP contribution in [0.1, 0.15) is 33.1 Å². The zero-order valence-electron chi connectivity index (χ0n) is 7.76. The Bertz CT molecular complexity index is 242. The van der Waals surface area contributed by atoms with Crippen LogP contribution in [0.2, 0.25) is 0 Å². The summed E-state index contributed by atoms with van der Waals surface area (Å²) >= 11 is 0. The van der Waals surface area contributed by atoms with Crippen molar-refractivity contribution in [3.63, 3.8) is 0 Å².